The van der Waals surface area contributed by atoms with Gasteiger partial charge in [0.2, 0.25) is 0 Å². The molecule has 98 valence electrons. The third-order valence-corrected chi connectivity index (χ3v) is 2.83. The van der Waals surface area contributed by atoms with E-state index >= 15 is 0 Å². The Balaban J connectivity index is 2.89. The Morgan fingerprint density at radius 3 is 2.41 bits per heavy atom. The first-order valence-electron chi connectivity index (χ1n) is 5.48. The second kappa shape index (κ2) is 5.48. The molecule has 17 heavy (non-hydrogen) atoms. The molecular weight excluding hydrogens is 237 g/mol. The molecule has 0 aromatic heterocycles. The summed E-state index contributed by atoms with van der Waals surface area (Å²) in [6, 6.07) is -1.02. The van der Waals surface area contributed by atoms with Gasteiger partial charge in [-0.2, -0.15) is 13.2 Å². The van der Waals surface area contributed by atoms with Gasteiger partial charge in [-0.15, -0.1) is 0 Å². The number of halogens is 3. The molecule has 0 aromatic rings. The molecule has 1 unspecified atom stereocenters. The number of nitrogens with two attached hydrogens (primary N) is 1. The number of Topliss-reactive ketones (excluding diaryl/α,β-unsaturated/α-hetero) is 1. The summed E-state index contributed by atoms with van der Waals surface area (Å²) in [4.78, 5) is 23.3. The minimum absolute atomic E-state index is 0.0330. The smallest absolute Gasteiger partial charge is 0.325 e. The third-order valence-electron chi connectivity index (χ3n) is 2.83. The van der Waals surface area contributed by atoms with E-state index in [4.69, 9.17) is 5.73 Å². The number of carbonyl (C=O) groups is 2. The van der Waals surface area contributed by atoms with Crippen LogP contribution in [0.5, 0.6) is 0 Å². The summed E-state index contributed by atoms with van der Waals surface area (Å²) in [5.74, 6) is -2.45. The minimum atomic E-state index is -4.93. The van der Waals surface area contributed by atoms with Gasteiger partial charge in [0.05, 0.1) is 12.6 Å². The summed E-state index contributed by atoms with van der Waals surface area (Å²) in [5, 5.41) is 0. The Kier molecular flexibility index (Phi) is 4.50. The van der Waals surface area contributed by atoms with Crippen LogP contribution in [-0.2, 0) is 9.59 Å². The second-order valence-electron chi connectivity index (χ2n) is 4.03. The van der Waals surface area contributed by atoms with E-state index in [1.165, 1.54) is 0 Å². The fraction of sp³-hybridized carbons (Fsp3) is 0.800. The van der Waals surface area contributed by atoms with Gasteiger partial charge < -0.3 is 10.6 Å². The molecule has 2 N–H and O–H groups in total. The first-order chi connectivity index (χ1) is 7.88. The molecule has 4 nitrogen and oxygen atoms in total. The van der Waals surface area contributed by atoms with Gasteiger partial charge in [-0.1, -0.05) is 12.8 Å². The second-order valence-corrected chi connectivity index (χ2v) is 4.03. The number of alkyl halides is 3. The quantitative estimate of drug-likeness (QED) is 0.792. The average Bonchev–Trinajstić information content (AvgIpc) is 2.50. The van der Waals surface area contributed by atoms with E-state index in [0.29, 0.717) is 17.7 Å². The Labute approximate surface area is 96.9 Å². The molecule has 0 bridgehead atoms. The minimum Gasteiger partial charge on any atom is -0.325 e. The molecule has 1 amide bonds. The molecule has 1 saturated heterocycles. The van der Waals surface area contributed by atoms with Gasteiger partial charge in [-0.3, -0.25) is 9.59 Å². The van der Waals surface area contributed by atoms with Crippen LogP contribution in [0.4, 0.5) is 13.2 Å². The maximum Gasteiger partial charge on any atom is 0.471 e. The van der Waals surface area contributed by atoms with Crippen molar-refractivity contribution in [3.05, 3.63) is 0 Å². The molecule has 1 rings (SSSR count). The Bertz CT molecular complexity index is 304. The lowest BCUT2D eigenvalue weighted by atomic mass is 10.1. The Morgan fingerprint density at radius 2 is 1.88 bits per heavy atom. The average molecular weight is 252 g/mol. The summed E-state index contributed by atoms with van der Waals surface area (Å²) in [5.41, 5.74) is 5.16. The molecule has 0 radical (unpaired) electrons. The monoisotopic (exact) mass is 252 g/mol. The lowest BCUT2D eigenvalue weighted by Gasteiger charge is -2.29. The van der Waals surface area contributed by atoms with Gasteiger partial charge in [0, 0.05) is 6.54 Å². The van der Waals surface area contributed by atoms with Crippen molar-refractivity contribution in [3.8, 4) is 0 Å². The van der Waals surface area contributed by atoms with Crippen molar-refractivity contribution in [1.82, 2.24) is 4.90 Å². The van der Waals surface area contributed by atoms with E-state index in [1.807, 2.05) is 0 Å². The molecule has 7 heteroatoms. The van der Waals surface area contributed by atoms with Crippen molar-refractivity contribution < 1.29 is 22.8 Å². The number of hydrogen-bond donors (Lipinski definition) is 1. The molecule has 0 saturated carbocycles. The van der Waals surface area contributed by atoms with Crippen LogP contribution in [0.15, 0.2) is 0 Å². The van der Waals surface area contributed by atoms with E-state index in [1.54, 1.807) is 0 Å². The van der Waals surface area contributed by atoms with Gasteiger partial charge in [0.1, 0.15) is 0 Å². The predicted octanol–water partition coefficient (Wildman–Crippen LogP) is 0.848. The van der Waals surface area contributed by atoms with Crippen LogP contribution in [0.1, 0.15) is 25.7 Å². The molecule has 1 atom stereocenters. The highest BCUT2D eigenvalue weighted by Crippen LogP contribution is 2.24. The van der Waals surface area contributed by atoms with Crippen LogP contribution in [0.3, 0.4) is 0 Å². The molecule has 1 aliphatic rings. The molecular formula is C10H15F3N2O2. The first kappa shape index (κ1) is 14.0. The highest BCUT2D eigenvalue weighted by atomic mass is 19.4. The molecule has 1 heterocycles. The van der Waals surface area contributed by atoms with E-state index < -0.39 is 23.9 Å². The van der Waals surface area contributed by atoms with Gasteiger partial charge in [0.25, 0.3) is 0 Å². The molecule has 0 aliphatic carbocycles. The van der Waals surface area contributed by atoms with Gasteiger partial charge in [-0.05, 0) is 12.8 Å². The number of hydrogen-bond acceptors (Lipinski definition) is 3. The zero-order valence-corrected chi connectivity index (χ0v) is 9.29. The molecule has 1 fully saturated rings. The zero-order chi connectivity index (χ0) is 13.1. The van der Waals surface area contributed by atoms with Gasteiger partial charge >= 0.3 is 12.1 Å². The molecule has 0 aromatic carbocycles. The van der Waals surface area contributed by atoms with E-state index in [-0.39, 0.29) is 19.5 Å². The topological polar surface area (TPSA) is 63.4 Å². The number of rotatable bonds is 2. The lowest BCUT2D eigenvalue weighted by Crippen LogP contribution is -2.51. The van der Waals surface area contributed by atoms with Crippen molar-refractivity contribution in [2.45, 2.75) is 37.9 Å². The van der Waals surface area contributed by atoms with E-state index in [2.05, 4.69) is 0 Å². The van der Waals surface area contributed by atoms with Crippen LogP contribution in [0, 0.1) is 0 Å². The first-order valence-corrected chi connectivity index (χ1v) is 5.48. The number of carbonyl (C=O) groups excluding carboxylic acids is 2. The number of amides is 1. The van der Waals surface area contributed by atoms with Crippen molar-refractivity contribution >= 4 is 11.7 Å². The van der Waals surface area contributed by atoms with Crippen molar-refractivity contribution in [2.24, 2.45) is 5.73 Å². The molecule has 0 spiro atoms. The summed E-state index contributed by atoms with van der Waals surface area (Å²) < 4.78 is 37.1. The van der Waals surface area contributed by atoms with Gasteiger partial charge in [0.15, 0.2) is 5.78 Å². The Morgan fingerprint density at radius 1 is 1.24 bits per heavy atom. The van der Waals surface area contributed by atoms with Crippen molar-refractivity contribution in [3.63, 3.8) is 0 Å². The fourth-order valence-corrected chi connectivity index (χ4v) is 1.99. The van der Waals surface area contributed by atoms with E-state index in [0.717, 1.165) is 6.42 Å². The fourth-order valence-electron chi connectivity index (χ4n) is 1.99. The summed E-state index contributed by atoms with van der Waals surface area (Å²) >= 11 is 0. The predicted molar refractivity (Wildman–Crippen MR) is 54.1 cm³/mol. The maximum atomic E-state index is 12.4. The zero-order valence-electron chi connectivity index (χ0n) is 9.29. The van der Waals surface area contributed by atoms with E-state index in [9.17, 15) is 22.8 Å². The standard InChI is InChI=1S/C10H15F3N2O2/c11-10(12,13)9(17)15-5-3-1-2-4-7(15)8(16)6-14/h7H,1-6,14H2. The highest BCUT2D eigenvalue weighted by molar-refractivity contribution is 5.91. The molecule has 1 aliphatic heterocycles. The summed E-state index contributed by atoms with van der Waals surface area (Å²) in [7, 11) is 0. The summed E-state index contributed by atoms with van der Waals surface area (Å²) in [6.45, 7) is -0.374. The largest absolute Gasteiger partial charge is 0.471 e. The lowest BCUT2D eigenvalue weighted by molar-refractivity contribution is -0.188. The third kappa shape index (κ3) is 3.42. The van der Waals surface area contributed by atoms with Crippen LogP contribution < -0.4 is 5.73 Å². The van der Waals surface area contributed by atoms with Crippen LogP contribution >= 0.6 is 0 Å². The maximum absolute atomic E-state index is 12.4. The number of likely N-dealkylation sites (tertiary alicyclic amines) is 1. The van der Waals surface area contributed by atoms with Gasteiger partial charge in [-0.25, -0.2) is 0 Å². The number of nitrogens with zero attached hydrogens (tertiary/aromatic N) is 1. The SMILES string of the molecule is NCC(=O)C1CCCCCN1C(=O)C(F)(F)F. The summed E-state index contributed by atoms with van der Waals surface area (Å²) in [6.07, 6.45) is -2.83. The highest BCUT2D eigenvalue weighted by Gasteiger charge is 2.45. The normalized spacial score (nSPS) is 22.1. The Hall–Kier alpha value is -1.11. The number of ketones is 1. The van der Waals surface area contributed by atoms with Crippen LogP contribution in [0.2, 0.25) is 0 Å². The van der Waals surface area contributed by atoms with Crippen LogP contribution in [-0.4, -0.2) is 41.9 Å². The van der Waals surface area contributed by atoms with Crippen LogP contribution in [0.25, 0.3) is 0 Å². The van der Waals surface area contributed by atoms with Crippen molar-refractivity contribution in [2.75, 3.05) is 13.1 Å². The van der Waals surface area contributed by atoms with Crippen molar-refractivity contribution in [1.29, 1.82) is 0 Å².